The van der Waals surface area contributed by atoms with Gasteiger partial charge in [-0.1, -0.05) is 31.0 Å². The Kier molecular flexibility index (Phi) is 11.6. The van der Waals surface area contributed by atoms with Crippen molar-refractivity contribution in [2.24, 2.45) is 0 Å². The van der Waals surface area contributed by atoms with Gasteiger partial charge in [0.2, 0.25) is 11.8 Å². The first-order valence-corrected chi connectivity index (χ1v) is 11.3. The maximum atomic E-state index is 13.3. The van der Waals surface area contributed by atoms with Gasteiger partial charge in [-0.3, -0.25) is 14.4 Å². The third kappa shape index (κ3) is 9.53. The van der Waals surface area contributed by atoms with Gasteiger partial charge in [0, 0.05) is 18.7 Å². The Morgan fingerprint density at radius 2 is 1.79 bits per heavy atom. The van der Waals surface area contributed by atoms with E-state index in [1.165, 1.54) is 4.90 Å². The van der Waals surface area contributed by atoms with Gasteiger partial charge in [0.15, 0.2) is 0 Å². The van der Waals surface area contributed by atoms with E-state index in [9.17, 15) is 19.2 Å². The van der Waals surface area contributed by atoms with Gasteiger partial charge in [-0.15, -0.1) is 6.42 Å². The zero-order valence-electron chi connectivity index (χ0n) is 20.6. The molecule has 2 N–H and O–H groups in total. The molecule has 186 valence electrons. The van der Waals surface area contributed by atoms with Gasteiger partial charge in [-0.2, -0.15) is 0 Å². The molecule has 1 aromatic carbocycles. The Morgan fingerprint density at radius 3 is 2.38 bits per heavy atom. The van der Waals surface area contributed by atoms with Crippen molar-refractivity contribution in [1.29, 1.82) is 0 Å². The molecular weight excluding hydrogens is 438 g/mol. The molecule has 0 saturated heterocycles. The molecule has 0 fully saturated rings. The number of alkyl carbamates (subject to hydrolysis) is 1. The summed E-state index contributed by atoms with van der Waals surface area (Å²) in [4.78, 5) is 51.4. The Labute approximate surface area is 201 Å². The summed E-state index contributed by atoms with van der Waals surface area (Å²) in [6, 6.07) is 5.78. The fourth-order valence-electron chi connectivity index (χ4n) is 3.14. The Balaban J connectivity index is 3.15. The lowest BCUT2D eigenvalue weighted by Crippen LogP contribution is -2.48. The minimum Gasteiger partial charge on any atom is -0.466 e. The largest absolute Gasteiger partial charge is 0.466 e. The lowest BCUT2D eigenvalue weighted by atomic mass is 9.98. The van der Waals surface area contributed by atoms with Gasteiger partial charge in [0.1, 0.15) is 18.2 Å². The van der Waals surface area contributed by atoms with Gasteiger partial charge in [0.05, 0.1) is 13.0 Å². The maximum Gasteiger partial charge on any atom is 0.408 e. The lowest BCUT2D eigenvalue weighted by Gasteiger charge is -2.32. The molecule has 1 atom stereocenters. The van der Waals surface area contributed by atoms with E-state index < -0.39 is 35.5 Å². The van der Waals surface area contributed by atoms with Crippen LogP contribution in [-0.2, 0) is 23.9 Å². The summed E-state index contributed by atoms with van der Waals surface area (Å²) < 4.78 is 10.1. The van der Waals surface area contributed by atoms with Crippen LogP contribution in [0.15, 0.2) is 24.3 Å². The minimum absolute atomic E-state index is 0.00892. The van der Waals surface area contributed by atoms with Gasteiger partial charge >= 0.3 is 12.1 Å². The highest BCUT2D eigenvalue weighted by Crippen LogP contribution is 2.25. The summed E-state index contributed by atoms with van der Waals surface area (Å²) in [5.74, 6) is 1.14. The summed E-state index contributed by atoms with van der Waals surface area (Å²) in [5.41, 5.74) is 0.211. The molecular formula is C25H35N3O6. The third-order valence-corrected chi connectivity index (χ3v) is 4.47. The quantitative estimate of drug-likeness (QED) is 0.377. The molecule has 1 unspecified atom stereocenters. The summed E-state index contributed by atoms with van der Waals surface area (Å²) >= 11 is 0. The van der Waals surface area contributed by atoms with Crippen LogP contribution in [0.5, 0.6) is 0 Å². The van der Waals surface area contributed by atoms with Gasteiger partial charge < -0.3 is 25.0 Å². The second-order valence-electron chi connectivity index (χ2n) is 8.42. The molecule has 0 aliphatic carbocycles. The van der Waals surface area contributed by atoms with E-state index in [0.29, 0.717) is 17.5 Å². The van der Waals surface area contributed by atoms with E-state index in [1.54, 1.807) is 52.0 Å². The smallest absolute Gasteiger partial charge is 0.408 e. The number of hydrogen-bond donors (Lipinski definition) is 2. The van der Waals surface area contributed by atoms with E-state index in [-0.39, 0.29) is 32.7 Å². The SMILES string of the molecule is C#Cc1ccccc1C(C(=O)NCCC(=O)OCC)N(CCC)C(=O)CNC(=O)OC(C)(C)C. The molecule has 9 nitrogen and oxygen atoms in total. The molecule has 1 rings (SSSR count). The van der Waals surface area contributed by atoms with Crippen molar-refractivity contribution in [2.45, 2.75) is 59.1 Å². The lowest BCUT2D eigenvalue weighted by molar-refractivity contribution is -0.143. The number of benzene rings is 1. The van der Waals surface area contributed by atoms with E-state index in [4.69, 9.17) is 15.9 Å². The van der Waals surface area contributed by atoms with Gasteiger partial charge in [-0.05, 0) is 45.7 Å². The fraction of sp³-hybridized carbons (Fsp3) is 0.520. The van der Waals surface area contributed by atoms with E-state index in [0.717, 1.165) is 0 Å². The van der Waals surface area contributed by atoms with Crippen LogP contribution in [0.2, 0.25) is 0 Å². The molecule has 0 radical (unpaired) electrons. The summed E-state index contributed by atoms with van der Waals surface area (Å²) in [6.45, 7) is 8.86. The van der Waals surface area contributed by atoms with Crippen molar-refractivity contribution >= 4 is 23.9 Å². The molecule has 1 aromatic rings. The summed E-state index contributed by atoms with van der Waals surface area (Å²) in [6.07, 6.45) is 5.46. The number of nitrogens with one attached hydrogen (secondary N) is 2. The zero-order valence-corrected chi connectivity index (χ0v) is 20.6. The molecule has 0 aromatic heterocycles. The number of amides is 3. The van der Waals surface area contributed by atoms with E-state index >= 15 is 0 Å². The Bertz CT molecular complexity index is 901. The molecule has 0 aliphatic heterocycles. The van der Waals surface area contributed by atoms with Crippen molar-refractivity contribution < 1.29 is 28.7 Å². The fourth-order valence-corrected chi connectivity index (χ4v) is 3.14. The number of carbonyl (C=O) groups is 4. The van der Waals surface area contributed by atoms with E-state index in [1.807, 2.05) is 6.92 Å². The van der Waals surface area contributed by atoms with E-state index in [2.05, 4.69) is 16.6 Å². The number of ether oxygens (including phenoxy) is 2. The first kappa shape index (κ1) is 28.5. The van der Waals surface area contributed by atoms with Crippen molar-refractivity contribution in [1.82, 2.24) is 15.5 Å². The second kappa shape index (κ2) is 13.9. The molecule has 0 heterocycles. The van der Waals surface area contributed by atoms with Crippen LogP contribution in [0.25, 0.3) is 0 Å². The maximum absolute atomic E-state index is 13.3. The predicted octanol–water partition coefficient (Wildman–Crippen LogP) is 2.54. The molecule has 0 saturated carbocycles. The van der Waals surface area contributed by atoms with Crippen LogP contribution in [0.3, 0.4) is 0 Å². The highest BCUT2D eigenvalue weighted by molar-refractivity contribution is 5.91. The van der Waals surface area contributed by atoms with Gasteiger partial charge in [0.25, 0.3) is 0 Å². The third-order valence-electron chi connectivity index (χ3n) is 4.47. The highest BCUT2D eigenvalue weighted by Gasteiger charge is 2.32. The Hall–Kier alpha value is -3.54. The van der Waals surface area contributed by atoms with Crippen LogP contribution < -0.4 is 10.6 Å². The first-order chi connectivity index (χ1) is 16.0. The molecule has 0 aliphatic rings. The number of terminal acetylenes is 1. The van der Waals surface area contributed by atoms with Crippen molar-refractivity contribution in [3.05, 3.63) is 35.4 Å². The first-order valence-electron chi connectivity index (χ1n) is 11.3. The topological polar surface area (TPSA) is 114 Å². The zero-order chi connectivity index (χ0) is 25.7. The van der Waals surface area contributed by atoms with Crippen LogP contribution in [0.1, 0.15) is 64.6 Å². The van der Waals surface area contributed by atoms with Crippen molar-refractivity contribution in [3.8, 4) is 12.3 Å². The standard InChI is InChI=1S/C25H35N3O6/c1-7-16-28(20(29)17-27-24(32)34-25(4,5)6)22(19-13-11-10-12-18(19)8-2)23(31)26-15-14-21(30)33-9-3/h2,10-13,22H,7,9,14-17H2,1,3-6H3,(H,26,31)(H,27,32). The van der Waals surface area contributed by atoms with Crippen molar-refractivity contribution in [2.75, 3.05) is 26.2 Å². The average Bonchev–Trinajstić information content (AvgIpc) is 2.76. The van der Waals surface area contributed by atoms with Crippen LogP contribution in [0, 0.1) is 12.3 Å². The number of carbonyl (C=O) groups excluding carboxylic acids is 4. The minimum atomic E-state index is -1.05. The molecule has 0 bridgehead atoms. The molecule has 9 heteroatoms. The van der Waals surface area contributed by atoms with Crippen LogP contribution in [-0.4, -0.2) is 60.6 Å². The molecule has 0 spiro atoms. The van der Waals surface area contributed by atoms with Crippen molar-refractivity contribution in [3.63, 3.8) is 0 Å². The summed E-state index contributed by atoms with van der Waals surface area (Å²) in [7, 11) is 0. The number of esters is 1. The Morgan fingerprint density at radius 1 is 1.12 bits per heavy atom. The molecule has 34 heavy (non-hydrogen) atoms. The number of nitrogens with zero attached hydrogens (tertiary/aromatic N) is 1. The number of rotatable bonds is 11. The number of hydrogen-bond acceptors (Lipinski definition) is 6. The van der Waals surface area contributed by atoms with Crippen LogP contribution >= 0.6 is 0 Å². The van der Waals surface area contributed by atoms with Gasteiger partial charge in [-0.25, -0.2) is 4.79 Å². The predicted molar refractivity (Wildman–Crippen MR) is 128 cm³/mol. The monoisotopic (exact) mass is 473 g/mol. The van der Waals surface area contributed by atoms with Crippen LogP contribution in [0.4, 0.5) is 4.79 Å². The molecule has 3 amide bonds. The second-order valence-corrected chi connectivity index (χ2v) is 8.42. The average molecular weight is 474 g/mol. The normalized spacial score (nSPS) is 11.5. The highest BCUT2D eigenvalue weighted by atomic mass is 16.6. The summed E-state index contributed by atoms with van der Waals surface area (Å²) in [5, 5.41) is 5.14.